The molecule has 0 fully saturated rings. The van der Waals surface area contributed by atoms with Crippen LogP contribution in [0.2, 0.25) is 0 Å². The smallest absolute Gasteiger partial charge is 0.100 e. The molecule has 6 aromatic rings. The first-order valence-corrected chi connectivity index (χ1v) is 8.27. The summed E-state index contributed by atoms with van der Waals surface area (Å²) in [6.45, 7) is 0. The molecule has 2 N–H and O–H groups in total. The number of nitrogens with one attached hydrogen (secondary N) is 2. The van der Waals surface area contributed by atoms with E-state index in [4.69, 9.17) is 9.97 Å². The fraction of sp³-hybridized carbons (Fsp3) is 0. The predicted molar refractivity (Wildman–Crippen MR) is 96.1 cm³/mol. The van der Waals surface area contributed by atoms with Crippen molar-refractivity contribution in [2.75, 3.05) is 0 Å². The van der Waals surface area contributed by atoms with Crippen molar-refractivity contribution < 1.29 is 0 Å². The average Bonchev–Trinajstić information content (AvgIpc) is 3.28. The standard InChI is InChI=1S/C18H10N4S/c1-3-7-11-9(5-1)13-15(19-11)16-14(18-17(13)21-23-22-18)10-6-2-4-8-12(10)20-16/h1-8,21-22H. The number of aromatic nitrogens is 4. The second-order valence-corrected chi connectivity index (χ2v) is 6.37. The molecule has 0 saturated heterocycles. The lowest BCUT2D eigenvalue weighted by Gasteiger charge is -1.97. The SMILES string of the molecule is c1ccc2c(c1)nc1c3nc4ccccc4c3c3[nH]s[nH]c3c21. The van der Waals surface area contributed by atoms with Crippen molar-refractivity contribution in [1.82, 2.24) is 18.7 Å². The van der Waals surface area contributed by atoms with Crippen LogP contribution in [-0.4, -0.2) is 18.7 Å². The molecule has 5 heteroatoms. The molecule has 0 bridgehead atoms. The largest absolute Gasteiger partial charge is 0.294 e. The van der Waals surface area contributed by atoms with Crippen molar-refractivity contribution in [3.8, 4) is 0 Å². The van der Waals surface area contributed by atoms with Crippen LogP contribution in [0.25, 0.3) is 54.6 Å². The predicted octanol–water partition coefficient (Wildman–Crippen LogP) is 4.96. The summed E-state index contributed by atoms with van der Waals surface area (Å²) in [4.78, 5) is 9.75. The number of fused-ring (bicyclic) bond motifs is 10. The fourth-order valence-corrected chi connectivity index (χ4v) is 4.27. The third-order valence-electron chi connectivity index (χ3n) is 4.57. The zero-order chi connectivity index (χ0) is 15.0. The number of rotatable bonds is 0. The van der Waals surface area contributed by atoms with Crippen LogP contribution in [0.3, 0.4) is 0 Å². The first kappa shape index (κ1) is 11.6. The third-order valence-corrected chi connectivity index (χ3v) is 5.18. The Morgan fingerprint density at radius 2 is 1.13 bits per heavy atom. The molecule has 0 spiro atoms. The van der Waals surface area contributed by atoms with Gasteiger partial charge in [-0.05, 0) is 12.1 Å². The molecule has 3 aromatic carbocycles. The molecule has 0 unspecified atom stereocenters. The molecule has 0 amide bonds. The van der Waals surface area contributed by atoms with E-state index in [-0.39, 0.29) is 0 Å². The topological polar surface area (TPSA) is 57.4 Å². The minimum atomic E-state index is 0.980. The summed E-state index contributed by atoms with van der Waals surface area (Å²) in [5, 5.41) is 4.65. The zero-order valence-electron chi connectivity index (χ0n) is 11.9. The van der Waals surface area contributed by atoms with Crippen molar-refractivity contribution in [3.63, 3.8) is 0 Å². The fourth-order valence-electron chi connectivity index (χ4n) is 3.60. The highest BCUT2D eigenvalue weighted by Gasteiger charge is 2.19. The first-order valence-electron chi connectivity index (χ1n) is 7.46. The van der Waals surface area contributed by atoms with Crippen LogP contribution >= 0.6 is 11.7 Å². The number of nitrogens with zero attached hydrogens (tertiary/aromatic N) is 2. The van der Waals surface area contributed by atoms with E-state index in [0.29, 0.717) is 0 Å². The summed E-state index contributed by atoms with van der Waals surface area (Å²) in [5.74, 6) is 0. The van der Waals surface area contributed by atoms with Crippen LogP contribution in [0.4, 0.5) is 0 Å². The maximum atomic E-state index is 4.88. The Kier molecular flexibility index (Phi) is 1.96. The minimum absolute atomic E-state index is 0.980. The van der Waals surface area contributed by atoms with E-state index in [1.807, 2.05) is 12.1 Å². The Hall–Kier alpha value is -2.92. The molecule has 0 atom stereocenters. The van der Waals surface area contributed by atoms with Crippen molar-refractivity contribution in [1.29, 1.82) is 0 Å². The van der Waals surface area contributed by atoms with Gasteiger partial charge in [-0.2, -0.15) is 0 Å². The van der Waals surface area contributed by atoms with Crippen LogP contribution in [0.15, 0.2) is 48.5 Å². The van der Waals surface area contributed by atoms with Crippen molar-refractivity contribution in [2.45, 2.75) is 0 Å². The van der Waals surface area contributed by atoms with Gasteiger partial charge in [-0.15, -0.1) is 0 Å². The lowest BCUT2D eigenvalue weighted by atomic mass is 10.1. The normalized spacial score (nSPS) is 12.3. The molecule has 3 aromatic heterocycles. The summed E-state index contributed by atoms with van der Waals surface area (Å²) in [5.41, 5.74) is 6.22. The average molecular weight is 314 g/mol. The number of hydrogen-bond acceptors (Lipinski definition) is 3. The number of hydrogen-bond donors (Lipinski definition) is 2. The minimum Gasteiger partial charge on any atom is -0.294 e. The number of H-pyrrole nitrogens is 2. The van der Waals surface area contributed by atoms with Gasteiger partial charge in [0.25, 0.3) is 0 Å². The summed E-state index contributed by atoms with van der Waals surface area (Å²) < 4.78 is 6.81. The van der Waals surface area contributed by atoms with Crippen molar-refractivity contribution in [3.05, 3.63) is 48.5 Å². The van der Waals surface area contributed by atoms with Gasteiger partial charge >= 0.3 is 0 Å². The summed E-state index contributed by atoms with van der Waals surface area (Å²) in [6, 6.07) is 16.6. The highest BCUT2D eigenvalue weighted by atomic mass is 32.1. The molecule has 0 radical (unpaired) electrons. The maximum Gasteiger partial charge on any atom is 0.100 e. The van der Waals surface area contributed by atoms with E-state index >= 15 is 0 Å². The summed E-state index contributed by atoms with van der Waals surface area (Å²) in [6.07, 6.45) is 0. The van der Waals surface area contributed by atoms with Crippen molar-refractivity contribution >= 4 is 66.4 Å². The Balaban J connectivity index is 2.07. The lowest BCUT2D eigenvalue weighted by molar-refractivity contribution is 1.51. The number of para-hydroxylation sites is 2. The molecule has 3 heterocycles. The van der Waals surface area contributed by atoms with Gasteiger partial charge in [-0.1, -0.05) is 36.4 Å². The van der Waals surface area contributed by atoms with Gasteiger partial charge in [0.05, 0.1) is 22.1 Å². The van der Waals surface area contributed by atoms with Gasteiger partial charge in [0.2, 0.25) is 0 Å². The van der Waals surface area contributed by atoms with Crippen LogP contribution < -0.4 is 0 Å². The highest BCUT2D eigenvalue weighted by molar-refractivity contribution is 7.00. The number of benzene rings is 3. The van der Waals surface area contributed by atoms with Crippen molar-refractivity contribution in [2.24, 2.45) is 0 Å². The molecule has 0 aliphatic heterocycles. The van der Waals surface area contributed by atoms with Crippen LogP contribution in [0, 0.1) is 0 Å². The molecule has 108 valence electrons. The molecule has 6 rings (SSSR count). The van der Waals surface area contributed by atoms with Gasteiger partial charge < -0.3 is 0 Å². The van der Waals surface area contributed by atoms with E-state index in [2.05, 4.69) is 45.1 Å². The van der Waals surface area contributed by atoms with E-state index in [0.717, 1.165) is 43.9 Å². The molecular weight excluding hydrogens is 304 g/mol. The van der Waals surface area contributed by atoms with Gasteiger partial charge in [0, 0.05) is 33.3 Å². The van der Waals surface area contributed by atoms with Gasteiger partial charge in [-0.3, -0.25) is 8.75 Å². The zero-order valence-corrected chi connectivity index (χ0v) is 12.7. The second kappa shape index (κ2) is 3.88. The third kappa shape index (κ3) is 1.31. The van der Waals surface area contributed by atoms with E-state index in [9.17, 15) is 0 Å². The molecule has 0 saturated carbocycles. The number of aromatic amines is 2. The molecule has 0 aliphatic carbocycles. The van der Waals surface area contributed by atoms with Crippen LogP contribution in [0.5, 0.6) is 0 Å². The summed E-state index contributed by atoms with van der Waals surface area (Å²) >= 11 is 1.50. The molecular formula is C18H10N4S. The molecule has 23 heavy (non-hydrogen) atoms. The van der Waals surface area contributed by atoms with Gasteiger partial charge in [0.1, 0.15) is 11.0 Å². The quantitative estimate of drug-likeness (QED) is 0.416. The lowest BCUT2D eigenvalue weighted by Crippen LogP contribution is -1.78. The first-order chi connectivity index (χ1) is 11.4. The second-order valence-electron chi connectivity index (χ2n) is 5.76. The molecule has 4 nitrogen and oxygen atoms in total. The van der Waals surface area contributed by atoms with Crippen LogP contribution in [-0.2, 0) is 0 Å². The molecule has 0 aliphatic rings. The Labute approximate surface area is 134 Å². The van der Waals surface area contributed by atoms with Gasteiger partial charge in [0.15, 0.2) is 0 Å². The summed E-state index contributed by atoms with van der Waals surface area (Å²) in [7, 11) is 0. The Morgan fingerprint density at radius 3 is 1.65 bits per heavy atom. The monoisotopic (exact) mass is 314 g/mol. The van der Waals surface area contributed by atoms with Crippen LogP contribution in [0.1, 0.15) is 0 Å². The van der Waals surface area contributed by atoms with Gasteiger partial charge in [-0.25, -0.2) is 9.97 Å². The van der Waals surface area contributed by atoms with E-state index < -0.39 is 0 Å². The highest BCUT2D eigenvalue weighted by Crippen LogP contribution is 2.40. The maximum absolute atomic E-state index is 4.88. The van der Waals surface area contributed by atoms with E-state index in [1.54, 1.807) is 0 Å². The Bertz CT molecular complexity index is 1270. The Morgan fingerprint density at radius 1 is 0.652 bits per heavy atom. The van der Waals surface area contributed by atoms with E-state index in [1.165, 1.54) is 22.5 Å².